The lowest BCUT2D eigenvalue weighted by molar-refractivity contribution is -0.0350. The number of carbonyl (C=O) groups excluding carboxylic acids is 1. The largest absolute Gasteiger partial charge is 0.369 e. The molecule has 3 aliphatic heterocycles. The lowest BCUT2D eigenvalue weighted by atomic mass is 9.83. The van der Waals surface area contributed by atoms with Gasteiger partial charge in [0.1, 0.15) is 17.2 Å². The highest BCUT2D eigenvalue weighted by Gasteiger charge is 2.44. The third kappa shape index (κ3) is 5.24. The van der Waals surface area contributed by atoms with Crippen molar-refractivity contribution in [3.63, 3.8) is 0 Å². The van der Waals surface area contributed by atoms with Crippen LogP contribution < -0.4 is 14.9 Å². The number of carbonyl (C=O) groups is 1. The Morgan fingerprint density at radius 2 is 1.88 bits per heavy atom. The van der Waals surface area contributed by atoms with Gasteiger partial charge in [-0.3, -0.25) is 9.78 Å². The van der Waals surface area contributed by atoms with E-state index in [9.17, 15) is 13.2 Å². The van der Waals surface area contributed by atoms with Gasteiger partial charge in [-0.15, -0.1) is 0 Å². The molecule has 2 N–H and O–H groups in total. The van der Waals surface area contributed by atoms with E-state index in [0.717, 1.165) is 29.8 Å². The molecule has 6 heterocycles. The molecule has 1 amide bonds. The Hall–Kier alpha value is -3.57. The maximum Gasteiger partial charge on any atom is 0.281 e. The first-order valence-corrected chi connectivity index (χ1v) is 16.0. The number of hydrogen-bond acceptors (Lipinski definition) is 9. The Morgan fingerprint density at radius 3 is 2.64 bits per heavy atom. The first kappa shape index (κ1) is 28.5. The molecule has 3 aromatic rings. The lowest BCUT2D eigenvalue weighted by Gasteiger charge is -2.37. The summed E-state index contributed by atoms with van der Waals surface area (Å²) in [4.78, 5) is 30.1. The number of nitrogens with one attached hydrogen (secondary N) is 2. The lowest BCUT2D eigenvalue weighted by Crippen LogP contribution is -2.42. The number of ether oxygens (including phenoxy) is 1. The molecule has 10 nitrogen and oxygen atoms in total. The molecule has 11 heteroatoms. The first-order chi connectivity index (χ1) is 19.8. The van der Waals surface area contributed by atoms with Crippen LogP contribution in [0.1, 0.15) is 80.8 Å². The van der Waals surface area contributed by atoms with Crippen LogP contribution in [0, 0.1) is 11.8 Å². The van der Waals surface area contributed by atoms with Crippen molar-refractivity contribution in [1.29, 1.82) is 0 Å². The van der Waals surface area contributed by atoms with Crippen LogP contribution in [0.15, 0.2) is 53.7 Å². The maximum absolute atomic E-state index is 13.8. The predicted octanol–water partition coefficient (Wildman–Crippen LogP) is 4.60. The van der Waals surface area contributed by atoms with Crippen molar-refractivity contribution in [1.82, 2.24) is 19.7 Å². The molecule has 0 aromatic carbocycles. The number of amides is 1. The van der Waals surface area contributed by atoms with E-state index in [-0.39, 0.29) is 28.1 Å². The third-order valence-electron chi connectivity index (χ3n) is 8.90. The van der Waals surface area contributed by atoms with Gasteiger partial charge >= 0.3 is 0 Å². The average Bonchev–Trinajstić information content (AvgIpc) is 3.27. The van der Waals surface area contributed by atoms with E-state index >= 15 is 0 Å². The fraction of sp³-hybridized carbons (Fsp3) is 0.484. The molecular weight excluding hydrogens is 552 g/mol. The SMILES string of the molecule is C[C@H]1CC(c2ccccn2)Nc2cccc(n2)S(=O)(=O)NC(=O)c2cc3c(nc2N2C[C@@H]1CC2(C)C)C(C)(C)OCC3. The van der Waals surface area contributed by atoms with Crippen LogP contribution in [-0.2, 0) is 26.8 Å². The minimum absolute atomic E-state index is 0.195. The van der Waals surface area contributed by atoms with E-state index in [0.29, 0.717) is 37.1 Å². The van der Waals surface area contributed by atoms with Crippen LogP contribution >= 0.6 is 0 Å². The molecule has 3 atom stereocenters. The highest BCUT2D eigenvalue weighted by Crippen LogP contribution is 2.44. The van der Waals surface area contributed by atoms with Crippen LogP contribution in [0.2, 0.25) is 0 Å². The normalized spacial score (nSPS) is 26.1. The van der Waals surface area contributed by atoms with Gasteiger partial charge < -0.3 is 15.0 Å². The second kappa shape index (κ2) is 10.3. The van der Waals surface area contributed by atoms with E-state index in [1.165, 1.54) is 6.07 Å². The van der Waals surface area contributed by atoms with Gasteiger partial charge in [-0.1, -0.05) is 19.1 Å². The zero-order valence-corrected chi connectivity index (χ0v) is 25.5. The third-order valence-corrected chi connectivity index (χ3v) is 10.1. The number of pyridine rings is 3. The molecule has 6 rings (SSSR count). The Morgan fingerprint density at radius 1 is 1.07 bits per heavy atom. The van der Waals surface area contributed by atoms with Crippen molar-refractivity contribution in [3.05, 3.63) is 71.2 Å². The van der Waals surface area contributed by atoms with Crippen LogP contribution in [-0.4, -0.2) is 48.0 Å². The van der Waals surface area contributed by atoms with Crippen molar-refractivity contribution >= 4 is 27.6 Å². The van der Waals surface area contributed by atoms with Crippen molar-refractivity contribution < 1.29 is 17.9 Å². The zero-order valence-electron chi connectivity index (χ0n) is 24.7. The summed E-state index contributed by atoms with van der Waals surface area (Å²) >= 11 is 0. The number of fused-ring (bicyclic) bond motifs is 7. The summed E-state index contributed by atoms with van der Waals surface area (Å²) in [5.41, 5.74) is 1.80. The summed E-state index contributed by atoms with van der Waals surface area (Å²) in [5, 5.41) is 3.19. The molecule has 42 heavy (non-hydrogen) atoms. The van der Waals surface area contributed by atoms with Gasteiger partial charge in [0.05, 0.1) is 29.6 Å². The molecule has 0 spiro atoms. The summed E-state index contributed by atoms with van der Waals surface area (Å²) < 4.78 is 35.4. The van der Waals surface area contributed by atoms with Crippen molar-refractivity contribution in [3.8, 4) is 0 Å². The van der Waals surface area contributed by atoms with Crippen LogP contribution in [0.25, 0.3) is 0 Å². The highest BCUT2D eigenvalue weighted by molar-refractivity contribution is 7.90. The Bertz CT molecular complexity index is 1630. The summed E-state index contributed by atoms with van der Waals surface area (Å²) in [6.07, 6.45) is 3.99. The number of anilines is 2. The van der Waals surface area contributed by atoms with E-state index < -0.39 is 21.5 Å². The topological polar surface area (TPSA) is 126 Å². The Balaban J connectivity index is 1.51. The minimum atomic E-state index is -4.29. The predicted molar refractivity (Wildman–Crippen MR) is 160 cm³/mol. The monoisotopic (exact) mass is 590 g/mol. The van der Waals surface area contributed by atoms with E-state index in [2.05, 4.69) is 45.7 Å². The summed E-state index contributed by atoms with van der Waals surface area (Å²) in [6, 6.07) is 12.1. The minimum Gasteiger partial charge on any atom is -0.369 e. The second-order valence-corrected chi connectivity index (χ2v) is 14.5. The maximum atomic E-state index is 13.8. The van der Waals surface area contributed by atoms with Gasteiger partial charge in [0, 0.05) is 18.3 Å². The average molecular weight is 591 g/mol. The van der Waals surface area contributed by atoms with Crippen molar-refractivity contribution in [2.45, 2.75) is 76.1 Å². The number of aromatic nitrogens is 3. The first-order valence-electron chi connectivity index (χ1n) is 14.5. The fourth-order valence-corrected chi connectivity index (χ4v) is 7.55. The van der Waals surface area contributed by atoms with Crippen molar-refractivity contribution in [2.75, 3.05) is 23.4 Å². The summed E-state index contributed by atoms with van der Waals surface area (Å²) in [7, 11) is -4.29. The quantitative estimate of drug-likeness (QED) is 0.418. The van der Waals surface area contributed by atoms with Gasteiger partial charge in [0.15, 0.2) is 5.03 Å². The number of nitrogens with zero attached hydrogens (tertiary/aromatic N) is 4. The highest BCUT2D eigenvalue weighted by atomic mass is 32.2. The molecule has 3 aliphatic rings. The molecule has 1 saturated heterocycles. The summed E-state index contributed by atoms with van der Waals surface area (Å²) in [5.74, 6) is 0.712. The summed E-state index contributed by atoms with van der Waals surface area (Å²) in [6.45, 7) is 11.7. The molecule has 1 unspecified atom stereocenters. The Kier molecular flexibility index (Phi) is 7.00. The second-order valence-electron chi connectivity index (χ2n) is 12.8. The molecule has 0 aliphatic carbocycles. The molecule has 0 radical (unpaired) electrons. The molecule has 0 saturated carbocycles. The number of hydrogen-bond donors (Lipinski definition) is 2. The molecular formula is C31H38N6O4S. The molecule has 3 aromatic heterocycles. The number of sulfonamides is 1. The molecule has 4 bridgehead atoms. The molecule has 1 fully saturated rings. The standard InChI is InChI=1S/C31H38N6O4S/c1-19-15-24(23-9-6-7-13-32-23)33-25-10-8-11-26(34-25)42(39,40)36-29(38)22-16-20-12-14-41-31(4,5)27(20)35-28(22)37-18-21(19)17-30(37,2)3/h6-11,13,16,19,21,24H,12,14-15,17-18H2,1-5H3,(H,33,34)(H,36,38)/t19-,21-,24?/m0/s1. The van der Waals surface area contributed by atoms with E-state index in [4.69, 9.17) is 9.72 Å². The van der Waals surface area contributed by atoms with Crippen LogP contribution in [0.3, 0.4) is 0 Å². The van der Waals surface area contributed by atoms with E-state index in [1.807, 2.05) is 32.0 Å². The smallest absolute Gasteiger partial charge is 0.281 e. The number of rotatable bonds is 1. The van der Waals surface area contributed by atoms with Crippen LogP contribution in [0.4, 0.5) is 11.6 Å². The fourth-order valence-electron chi connectivity index (χ4n) is 6.62. The van der Waals surface area contributed by atoms with Gasteiger partial charge in [0.25, 0.3) is 15.9 Å². The van der Waals surface area contributed by atoms with Gasteiger partial charge in [0.2, 0.25) is 0 Å². The Labute approximate surface area is 247 Å². The zero-order chi connectivity index (χ0) is 29.9. The van der Waals surface area contributed by atoms with Gasteiger partial charge in [-0.2, -0.15) is 8.42 Å². The van der Waals surface area contributed by atoms with Crippen LogP contribution in [0.5, 0.6) is 0 Å². The van der Waals surface area contributed by atoms with E-state index in [1.54, 1.807) is 24.4 Å². The van der Waals surface area contributed by atoms with Gasteiger partial charge in [-0.05, 0) is 94.7 Å². The van der Waals surface area contributed by atoms with Gasteiger partial charge in [-0.25, -0.2) is 14.7 Å². The van der Waals surface area contributed by atoms with Crippen molar-refractivity contribution in [2.24, 2.45) is 11.8 Å². The molecule has 222 valence electrons.